The van der Waals surface area contributed by atoms with Crippen LogP contribution in [0.2, 0.25) is 0 Å². The SMILES string of the molecule is CC(=O)Nc1ccc(CNC(C)c2cccc(F)c2)cc1. The lowest BCUT2D eigenvalue weighted by molar-refractivity contribution is -0.114. The molecule has 0 spiro atoms. The van der Waals surface area contributed by atoms with E-state index in [2.05, 4.69) is 10.6 Å². The predicted octanol–water partition coefficient (Wildman–Crippen LogP) is 3.63. The lowest BCUT2D eigenvalue weighted by atomic mass is 10.1. The van der Waals surface area contributed by atoms with Gasteiger partial charge in [-0.1, -0.05) is 24.3 Å². The molecule has 21 heavy (non-hydrogen) atoms. The van der Waals surface area contributed by atoms with Crippen LogP contribution in [0, 0.1) is 5.82 Å². The van der Waals surface area contributed by atoms with Crippen molar-refractivity contribution < 1.29 is 9.18 Å². The number of carbonyl (C=O) groups excluding carboxylic acids is 1. The van der Waals surface area contributed by atoms with E-state index < -0.39 is 0 Å². The molecule has 0 heterocycles. The van der Waals surface area contributed by atoms with Gasteiger partial charge < -0.3 is 10.6 Å². The van der Waals surface area contributed by atoms with Crippen LogP contribution in [0.1, 0.15) is 31.0 Å². The van der Waals surface area contributed by atoms with E-state index in [-0.39, 0.29) is 17.8 Å². The van der Waals surface area contributed by atoms with Crippen LogP contribution >= 0.6 is 0 Å². The van der Waals surface area contributed by atoms with Gasteiger partial charge in [-0.3, -0.25) is 4.79 Å². The molecule has 2 aromatic carbocycles. The lowest BCUT2D eigenvalue weighted by Gasteiger charge is -2.14. The van der Waals surface area contributed by atoms with Gasteiger partial charge in [0.05, 0.1) is 0 Å². The smallest absolute Gasteiger partial charge is 0.221 e. The van der Waals surface area contributed by atoms with E-state index in [1.807, 2.05) is 37.3 Å². The zero-order valence-corrected chi connectivity index (χ0v) is 12.2. The normalized spacial score (nSPS) is 12.0. The van der Waals surface area contributed by atoms with Crippen molar-refractivity contribution >= 4 is 11.6 Å². The molecule has 0 fully saturated rings. The van der Waals surface area contributed by atoms with E-state index in [1.54, 1.807) is 6.07 Å². The van der Waals surface area contributed by atoms with Crippen molar-refractivity contribution in [1.29, 1.82) is 0 Å². The fourth-order valence-electron chi connectivity index (χ4n) is 2.07. The van der Waals surface area contributed by atoms with Crippen LogP contribution in [0.5, 0.6) is 0 Å². The summed E-state index contributed by atoms with van der Waals surface area (Å²) >= 11 is 0. The summed E-state index contributed by atoms with van der Waals surface area (Å²) in [6, 6.07) is 14.3. The highest BCUT2D eigenvalue weighted by molar-refractivity contribution is 5.88. The zero-order valence-electron chi connectivity index (χ0n) is 12.2. The molecule has 0 aliphatic rings. The Hall–Kier alpha value is -2.20. The summed E-state index contributed by atoms with van der Waals surface area (Å²) in [5, 5.41) is 6.08. The standard InChI is InChI=1S/C17H19FN2O/c1-12(15-4-3-5-16(18)10-15)19-11-14-6-8-17(9-7-14)20-13(2)21/h3-10,12,19H,11H2,1-2H3,(H,20,21). The van der Waals surface area contributed by atoms with Gasteiger partial charge in [-0.15, -0.1) is 0 Å². The Morgan fingerprint density at radius 1 is 1.19 bits per heavy atom. The molecule has 0 aliphatic heterocycles. The maximum atomic E-state index is 13.2. The summed E-state index contributed by atoms with van der Waals surface area (Å²) in [5.41, 5.74) is 2.81. The summed E-state index contributed by atoms with van der Waals surface area (Å²) in [6.45, 7) is 4.16. The third-order valence-corrected chi connectivity index (χ3v) is 3.24. The van der Waals surface area contributed by atoms with E-state index in [1.165, 1.54) is 19.1 Å². The third kappa shape index (κ3) is 4.68. The van der Waals surface area contributed by atoms with Gasteiger partial charge in [-0.05, 0) is 42.3 Å². The molecule has 0 radical (unpaired) electrons. The number of halogens is 1. The van der Waals surface area contributed by atoms with Crippen molar-refractivity contribution in [2.75, 3.05) is 5.32 Å². The van der Waals surface area contributed by atoms with Crippen molar-refractivity contribution in [3.63, 3.8) is 0 Å². The Kier molecular flexibility index (Phi) is 5.06. The van der Waals surface area contributed by atoms with Crippen LogP contribution in [-0.4, -0.2) is 5.91 Å². The number of carbonyl (C=O) groups is 1. The highest BCUT2D eigenvalue weighted by atomic mass is 19.1. The topological polar surface area (TPSA) is 41.1 Å². The molecule has 2 aromatic rings. The van der Waals surface area contributed by atoms with Crippen molar-refractivity contribution in [3.05, 3.63) is 65.5 Å². The first-order valence-electron chi connectivity index (χ1n) is 6.90. The van der Waals surface area contributed by atoms with E-state index >= 15 is 0 Å². The summed E-state index contributed by atoms with van der Waals surface area (Å²) in [4.78, 5) is 10.9. The molecule has 0 aliphatic carbocycles. The number of hydrogen-bond donors (Lipinski definition) is 2. The summed E-state index contributed by atoms with van der Waals surface area (Å²) in [5.74, 6) is -0.304. The summed E-state index contributed by atoms with van der Waals surface area (Å²) < 4.78 is 13.2. The molecule has 2 N–H and O–H groups in total. The monoisotopic (exact) mass is 286 g/mol. The number of hydrogen-bond acceptors (Lipinski definition) is 2. The number of amides is 1. The first-order valence-corrected chi connectivity index (χ1v) is 6.90. The molecule has 0 bridgehead atoms. The van der Waals surface area contributed by atoms with Crippen molar-refractivity contribution in [3.8, 4) is 0 Å². The molecule has 110 valence electrons. The molecule has 0 aromatic heterocycles. The minimum absolute atomic E-state index is 0.0655. The molecule has 1 amide bonds. The summed E-state index contributed by atoms with van der Waals surface area (Å²) in [7, 11) is 0. The van der Waals surface area contributed by atoms with Gasteiger partial charge in [0.2, 0.25) is 5.91 Å². The first-order chi connectivity index (χ1) is 10.0. The molecule has 0 saturated carbocycles. The van der Waals surface area contributed by atoms with Crippen LogP contribution in [0.25, 0.3) is 0 Å². The molecule has 1 atom stereocenters. The first kappa shape index (κ1) is 15.2. The molecule has 1 unspecified atom stereocenters. The highest BCUT2D eigenvalue weighted by Crippen LogP contribution is 2.15. The average molecular weight is 286 g/mol. The zero-order chi connectivity index (χ0) is 15.2. The average Bonchev–Trinajstić information content (AvgIpc) is 2.45. The van der Waals surface area contributed by atoms with Crippen LogP contribution < -0.4 is 10.6 Å². The number of rotatable bonds is 5. The van der Waals surface area contributed by atoms with Gasteiger partial charge >= 0.3 is 0 Å². The summed E-state index contributed by atoms with van der Waals surface area (Å²) in [6.07, 6.45) is 0. The maximum Gasteiger partial charge on any atom is 0.221 e. The molecular formula is C17H19FN2O. The molecule has 2 rings (SSSR count). The van der Waals surface area contributed by atoms with E-state index in [0.29, 0.717) is 6.54 Å². The highest BCUT2D eigenvalue weighted by Gasteiger charge is 2.05. The second-order valence-electron chi connectivity index (χ2n) is 5.04. The van der Waals surface area contributed by atoms with Crippen LogP contribution in [0.3, 0.4) is 0 Å². The fourth-order valence-corrected chi connectivity index (χ4v) is 2.07. The minimum atomic E-state index is -0.221. The van der Waals surface area contributed by atoms with E-state index in [0.717, 1.165) is 16.8 Å². The van der Waals surface area contributed by atoms with E-state index in [4.69, 9.17) is 0 Å². The Morgan fingerprint density at radius 3 is 2.52 bits per heavy atom. The number of anilines is 1. The second-order valence-corrected chi connectivity index (χ2v) is 5.04. The van der Waals surface area contributed by atoms with Gasteiger partial charge in [-0.25, -0.2) is 4.39 Å². The van der Waals surface area contributed by atoms with E-state index in [9.17, 15) is 9.18 Å². The third-order valence-electron chi connectivity index (χ3n) is 3.24. The van der Waals surface area contributed by atoms with Crippen molar-refractivity contribution in [1.82, 2.24) is 5.32 Å². The van der Waals surface area contributed by atoms with Crippen molar-refractivity contribution in [2.24, 2.45) is 0 Å². The van der Waals surface area contributed by atoms with Crippen LogP contribution in [-0.2, 0) is 11.3 Å². The Bertz CT molecular complexity index is 610. The quantitative estimate of drug-likeness (QED) is 0.881. The van der Waals surface area contributed by atoms with Crippen molar-refractivity contribution in [2.45, 2.75) is 26.4 Å². The molecular weight excluding hydrogens is 267 g/mol. The minimum Gasteiger partial charge on any atom is -0.326 e. The second kappa shape index (κ2) is 6.99. The lowest BCUT2D eigenvalue weighted by Crippen LogP contribution is -2.18. The predicted molar refractivity (Wildman–Crippen MR) is 82.4 cm³/mol. The van der Waals surface area contributed by atoms with Gasteiger partial charge in [0.15, 0.2) is 0 Å². The Labute approximate surface area is 124 Å². The van der Waals surface area contributed by atoms with Crippen LogP contribution in [0.4, 0.5) is 10.1 Å². The number of nitrogens with one attached hydrogen (secondary N) is 2. The molecule has 3 nitrogen and oxygen atoms in total. The van der Waals surface area contributed by atoms with Crippen LogP contribution in [0.15, 0.2) is 48.5 Å². The van der Waals surface area contributed by atoms with Gasteiger partial charge in [0.25, 0.3) is 0 Å². The number of benzene rings is 2. The maximum absolute atomic E-state index is 13.2. The Balaban J connectivity index is 1.92. The Morgan fingerprint density at radius 2 is 1.90 bits per heavy atom. The van der Waals surface area contributed by atoms with Gasteiger partial charge in [-0.2, -0.15) is 0 Å². The molecule has 0 saturated heterocycles. The fraction of sp³-hybridized carbons (Fsp3) is 0.235. The van der Waals surface area contributed by atoms with Gasteiger partial charge in [0, 0.05) is 25.2 Å². The molecule has 4 heteroatoms. The van der Waals surface area contributed by atoms with Gasteiger partial charge in [0.1, 0.15) is 5.82 Å². The largest absolute Gasteiger partial charge is 0.326 e.